The number of nitrogens with zero attached hydrogens (tertiary/aromatic N) is 1. The van der Waals surface area contributed by atoms with Gasteiger partial charge >= 0.3 is 0 Å². The van der Waals surface area contributed by atoms with Crippen LogP contribution in [-0.2, 0) is 6.42 Å². The van der Waals surface area contributed by atoms with Crippen LogP contribution in [0.3, 0.4) is 0 Å². The van der Waals surface area contributed by atoms with E-state index in [9.17, 15) is 0 Å². The highest BCUT2D eigenvalue weighted by Crippen LogP contribution is 2.29. The van der Waals surface area contributed by atoms with Crippen molar-refractivity contribution in [2.75, 3.05) is 11.1 Å². The Balaban J connectivity index is 2.08. The third-order valence-corrected chi connectivity index (χ3v) is 4.50. The lowest BCUT2D eigenvalue weighted by Crippen LogP contribution is -2.29. The molecule has 1 N–H and O–H groups in total. The van der Waals surface area contributed by atoms with Crippen LogP contribution in [0.4, 0.5) is 5.69 Å². The molecule has 2 rings (SSSR count). The Labute approximate surface area is 114 Å². The van der Waals surface area contributed by atoms with Gasteiger partial charge in [0.25, 0.3) is 0 Å². The Morgan fingerprint density at radius 3 is 2.61 bits per heavy atom. The fourth-order valence-corrected chi connectivity index (χ4v) is 3.18. The summed E-state index contributed by atoms with van der Waals surface area (Å²) in [5.74, 6) is 1.16. The van der Waals surface area contributed by atoms with Crippen LogP contribution in [-0.4, -0.2) is 16.5 Å². The second kappa shape index (κ2) is 5.79. The summed E-state index contributed by atoms with van der Waals surface area (Å²) >= 11 is 1.82. The molecule has 98 valence electrons. The van der Waals surface area contributed by atoms with Gasteiger partial charge in [-0.2, -0.15) is 0 Å². The highest BCUT2D eigenvalue weighted by Gasteiger charge is 2.25. The van der Waals surface area contributed by atoms with Gasteiger partial charge in [0.2, 0.25) is 0 Å². The number of nitrogens with one attached hydrogen (secondary N) is 1. The van der Waals surface area contributed by atoms with E-state index >= 15 is 0 Å². The van der Waals surface area contributed by atoms with Gasteiger partial charge in [-0.25, -0.2) is 0 Å². The Kier molecular flexibility index (Phi) is 4.33. The first-order valence-corrected chi connectivity index (χ1v) is 7.72. The Morgan fingerprint density at radius 1 is 1.28 bits per heavy atom. The van der Waals surface area contributed by atoms with Crippen LogP contribution in [0.15, 0.2) is 29.3 Å². The van der Waals surface area contributed by atoms with Crippen molar-refractivity contribution < 1.29 is 0 Å². The number of anilines is 1. The predicted molar refractivity (Wildman–Crippen MR) is 82.6 cm³/mol. The molecule has 1 aromatic rings. The molecule has 1 heterocycles. The van der Waals surface area contributed by atoms with Gasteiger partial charge in [-0.05, 0) is 43.9 Å². The molecule has 3 heteroatoms. The molecule has 0 radical (unpaired) electrons. The molecule has 0 aromatic heterocycles. The van der Waals surface area contributed by atoms with E-state index in [0.29, 0.717) is 0 Å². The molecule has 1 unspecified atom stereocenters. The molecule has 0 amide bonds. The summed E-state index contributed by atoms with van der Waals surface area (Å²) in [5.41, 5.74) is 2.63. The van der Waals surface area contributed by atoms with Crippen LogP contribution in [0.25, 0.3) is 0 Å². The van der Waals surface area contributed by atoms with Crippen molar-refractivity contribution >= 4 is 22.6 Å². The van der Waals surface area contributed by atoms with Crippen LogP contribution >= 0.6 is 11.8 Å². The van der Waals surface area contributed by atoms with Crippen molar-refractivity contribution in [3.63, 3.8) is 0 Å². The van der Waals surface area contributed by atoms with Crippen molar-refractivity contribution in [1.29, 1.82) is 0 Å². The summed E-state index contributed by atoms with van der Waals surface area (Å²) in [4.78, 5) is 4.84. The van der Waals surface area contributed by atoms with E-state index in [-0.39, 0.29) is 5.54 Å². The Bertz CT molecular complexity index is 425. The first-order valence-electron chi connectivity index (χ1n) is 6.74. The summed E-state index contributed by atoms with van der Waals surface area (Å²) in [6.07, 6.45) is 3.37. The first kappa shape index (κ1) is 13.5. The Hall–Kier alpha value is -0.960. The van der Waals surface area contributed by atoms with Crippen LogP contribution in [0.5, 0.6) is 0 Å². The molecule has 0 aliphatic carbocycles. The van der Waals surface area contributed by atoms with E-state index in [1.54, 1.807) is 0 Å². The second-order valence-electron chi connectivity index (χ2n) is 5.04. The summed E-state index contributed by atoms with van der Waals surface area (Å²) < 4.78 is 0. The average Bonchev–Trinajstić information content (AvgIpc) is 2.40. The fraction of sp³-hybridized carbons (Fsp3) is 0.533. The maximum Gasteiger partial charge on any atom is 0.161 e. The van der Waals surface area contributed by atoms with Crippen molar-refractivity contribution in [2.24, 2.45) is 4.99 Å². The van der Waals surface area contributed by atoms with Gasteiger partial charge < -0.3 is 5.32 Å². The SMILES string of the molecule is CCc1ccc(NC2=NC(C)(CC)CCS2)cc1. The zero-order valence-corrected chi connectivity index (χ0v) is 12.3. The number of thioether (sulfide) groups is 1. The summed E-state index contributed by atoms with van der Waals surface area (Å²) in [7, 11) is 0. The lowest BCUT2D eigenvalue weighted by atomic mass is 9.97. The van der Waals surface area contributed by atoms with Crippen LogP contribution < -0.4 is 5.32 Å². The first-order chi connectivity index (χ1) is 8.65. The molecule has 0 fully saturated rings. The second-order valence-corrected chi connectivity index (χ2v) is 6.13. The minimum absolute atomic E-state index is 0.122. The molecule has 0 spiro atoms. The Morgan fingerprint density at radius 2 is 2.00 bits per heavy atom. The molecule has 1 aliphatic rings. The van der Waals surface area contributed by atoms with Crippen molar-refractivity contribution in [1.82, 2.24) is 0 Å². The van der Waals surface area contributed by atoms with Gasteiger partial charge in [-0.3, -0.25) is 4.99 Å². The molecule has 18 heavy (non-hydrogen) atoms. The number of hydrogen-bond acceptors (Lipinski definition) is 3. The average molecular weight is 262 g/mol. The number of aryl methyl sites for hydroxylation is 1. The van der Waals surface area contributed by atoms with Crippen molar-refractivity contribution in [3.8, 4) is 0 Å². The molecule has 2 nitrogen and oxygen atoms in total. The molecule has 1 atom stereocenters. The van der Waals surface area contributed by atoms with E-state index in [4.69, 9.17) is 4.99 Å². The van der Waals surface area contributed by atoms with Crippen LogP contribution in [0.2, 0.25) is 0 Å². The number of aliphatic imine (C=N–C) groups is 1. The van der Waals surface area contributed by atoms with E-state index in [0.717, 1.165) is 29.4 Å². The molecule has 1 aliphatic heterocycles. The fourth-order valence-electron chi connectivity index (χ4n) is 1.97. The lowest BCUT2D eigenvalue weighted by Gasteiger charge is -2.29. The van der Waals surface area contributed by atoms with Gasteiger partial charge in [0.15, 0.2) is 5.17 Å². The van der Waals surface area contributed by atoms with E-state index in [1.807, 2.05) is 11.8 Å². The summed E-state index contributed by atoms with van der Waals surface area (Å²) in [6, 6.07) is 8.63. The minimum atomic E-state index is 0.122. The van der Waals surface area contributed by atoms with Crippen LogP contribution in [0.1, 0.15) is 39.2 Å². The smallest absolute Gasteiger partial charge is 0.161 e. The van der Waals surface area contributed by atoms with Crippen LogP contribution in [0, 0.1) is 0 Å². The number of hydrogen-bond donors (Lipinski definition) is 1. The monoisotopic (exact) mass is 262 g/mol. The van der Waals surface area contributed by atoms with Gasteiger partial charge in [-0.15, -0.1) is 0 Å². The number of amidine groups is 1. The molecular formula is C15H22N2S. The normalized spacial score (nSPS) is 23.6. The van der Waals surface area contributed by atoms with E-state index in [1.165, 1.54) is 12.0 Å². The predicted octanol–water partition coefficient (Wildman–Crippen LogP) is 4.32. The quantitative estimate of drug-likeness (QED) is 0.877. The zero-order chi connectivity index (χ0) is 13.0. The molecule has 0 bridgehead atoms. The maximum atomic E-state index is 4.84. The highest BCUT2D eigenvalue weighted by atomic mass is 32.2. The van der Waals surface area contributed by atoms with E-state index in [2.05, 4.69) is 50.4 Å². The maximum absolute atomic E-state index is 4.84. The van der Waals surface area contributed by atoms with Gasteiger partial charge in [-0.1, -0.05) is 37.7 Å². The number of benzene rings is 1. The molecule has 1 aromatic carbocycles. The van der Waals surface area contributed by atoms with Gasteiger partial charge in [0.1, 0.15) is 0 Å². The molecule has 0 saturated carbocycles. The highest BCUT2D eigenvalue weighted by molar-refractivity contribution is 8.14. The number of rotatable bonds is 3. The third kappa shape index (κ3) is 3.29. The zero-order valence-electron chi connectivity index (χ0n) is 11.5. The third-order valence-electron chi connectivity index (χ3n) is 3.63. The molecular weight excluding hydrogens is 240 g/mol. The lowest BCUT2D eigenvalue weighted by molar-refractivity contribution is 0.443. The topological polar surface area (TPSA) is 24.4 Å². The summed E-state index contributed by atoms with van der Waals surface area (Å²) in [6.45, 7) is 6.64. The summed E-state index contributed by atoms with van der Waals surface area (Å²) in [5, 5.41) is 4.50. The largest absolute Gasteiger partial charge is 0.335 e. The minimum Gasteiger partial charge on any atom is -0.335 e. The molecule has 0 saturated heterocycles. The van der Waals surface area contributed by atoms with Gasteiger partial charge in [0.05, 0.1) is 5.54 Å². The van der Waals surface area contributed by atoms with Gasteiger partial charge in [0, 0.05) is 11.4 Å². The van der Waals surface area contributed by atoms with Crippen molar-refractivity contribution in [2.45, 2.75) is 45.6 Å². The van der Waals surface area contributed by atoms with E-state index < -0.39 is 0 Å². The van der Waals surface area contributed by atoms with Crippen molar-refractivity contribution in [3.05, 3.63) is 29.8 Å². The standard InChI is InChI=1S/C15H22N2S/c1-4-12-6-8-13(9-7-12)16-14-17-15(3,5-2)10-11-18-14/h6-9H,4-5,10-11H2,1-3H3,(H,16,17).